The van der Waals surface area contributed by atoms with Crippen LogP contribution < -0.4 is 5.73 Å². The molecule has 0 aliphatic heterocycles. The van der Waals surface area contributed by atoms with Crippen molar-refractivity contribution < 1.29 is 27.9 Å². The third kappa shape index (κ3) is 3.91. The molecular formula is C9H14N4O6S. The molecule has 0 saturated carbocycles. The van der Waals surface area contributed by atoms with E-state index >= 15 is 0 Å². The lowest BCUT2D eigenvalue weighted by atomic mass is 10.4. The van der Waals surface area contributed by atoms with Crippen LogP contribution in [0, 0.1) is 0 Å². The molecule has 0 aliphatic rings. The van der Waals surface area contributed by atoms with E-state index in [9.17, 15) is 18.0 Å². The van der Waals surface area contributed by atoms with Gasteiger partial charge in [-0.3, -0.25) is 9.59 Å². The van der Waals surface area contributed by atoms with Crippen LogP contribution in [0.5, 0.6) is 0 Å². The minimum atomic E-state index is -4.07. The van der Waals surface area contributed by atoms with Gasteiger partial charge in [0.2, 0.25) is 14.9 Å². The van der Waals surface area contributed by atoms with Crippen LogP contribution in [0.25, 0.3) is 0 Å². The number of hydrogen-bond acceptors (Lipinski definition) is 8. The minimum absolute atomic E-state index is 0.0507. The van der Waals surface area contributed by atoms with Crippen LogP contribution in [0.3, 0.4) is 0 Å². The first-order valence-corrected chi connectivity index (χ1v) is 7.22. The molecular weight excluding hydrogens is 292 g/mol. The van der Waals surface area contributed by atoms with Gasteiger partial charge in [0.05, 0.1) is 19.6 Å². The van der Waals surface area contributed by atoms with E-state index in [1.807, 2.05) is 0 Å². The van der Waals surface area contributed by atoms with Crippen molar-refractivity contribution in [2.45, 2.75) is 24.9 Å². The van der Waals surface area contributed by atoms with Gasteiger partial charge in [0.1, 0.15) is 0 Å². The molecule has 1 aromatic heterocycles. The first-order chi connectivity index (χ1) is 9.27. The summed E-state index contributed by atoms with van der Waals surface area (Å²) in [6.45, 7) is 1.47. The van der Waals surface area contributed by atoms with Crippen molar-refractivity contribution in [2.75, 3.05) is 18.1 Å². The molecule has 0 radical (unpaired) electrons. The number of carbonyl (C=O) groups is 2. The van der Waals surface area contributed by atoms with Gasteiger partial charge in [0.15, 0.2) is 11.6 Å². The number of rotatable bonds is 7. The number of esters is 1. The lowest BCUT2D eigenvalue weighted by molar-refractivity contribution is -0.140. The number of hydrogen-bond donors (Lipinski definition) is 2. The molecule has 1 heterocycles. The Morgan fingerprint density at radius 3 is 2.65 bits per heavy atom. The van der Waals surface area contributed by atoms with Gasteiger partial charge in [-0.1, -0.05) is 5.21 Å². The second kappa shape index (κ2) is 6.32. The van der Waals surface area contributed by atoms with Crippen LogP contribution in [0.15, 0.2) is 5.03 Å². The predicted molar refractivity (Wildman–Crippen MR) is 65.4 cm³/mol. The molecule has 112 valence electrons. The first kappa shape index (κ1) is 15.9. The number of nitrogen functional groups attached to an aromatic ring is 1. The number of carboxylic acid groups (broad SMARTS) is 1. The van der Waals surface area contributed by atoms with Crippen molar-refractivity contribution in [3.05, 3.63) is 0 Å². The zero-order valence-corrected chi connectivity index (χ0v) is 11.5. The average molecular weight is 306 g/mol. The molecule has 0 spiro atoms. The summed E-state index contributed by atoms with van der Waals surface area (Å²) in [6.07, 6.45) is -0.287. The second-order valence-electron chi connectivity index (χ2n) is 3.71. The molecule has 0 bridgehead atoms. The van der Waals surface area contributed by atoms with E-state index in [0.29, 0.717) is 0 Å². The second-order valence-corrected chi connectivity index (χ2v) is 5.62. The van der Waals surface area contributed by atoms with Crippen LogP contribution in [0.4, 0.5) is 5.82 Å². The third-order valence-corrected chi connectivity index (χ3v) is 3.68. The van der Waals surface area contributed by atoms with Gasteiger partial charge in [-0.05, 0) is 6.92 Å². The Hall–Kier alpha value is -2.17. The van der Waals surface area contributed by atoms with Crippen molar-refractivity contribution in [3.8, 4) is 0 Å². The quantitative estimate of drug-likeness (QED) is 0.583. The molecule has 3 N–H and O–H groups in total. The van der Waals surface area contributed by atoms with E-state index in [2.05, 4.69) is 15.0 Å². The Balaban J connectivity index is 2.91. The minimum Gasteiger partial charge on any atom is -0.481 e. The van der Waals surface area contributed by atoms with Crippen molar-refractivity contribution in [2.24, 2.45) is 0 Å². The van der Waals surface area contributed by atoms with Gasteiger partial charge in [-0.15, -0.1) is 5.10 Å². The van der Waals surface area contributed by atoms with E-state index in [4.69, 9.17) is 10.8 Å². The van der Waals surface area contributed by atoms with Crippen LogP contribution in [-0.4, -0.2) is 52.8 Å². The normalized spacial score (nSPS) is 11.2. The van der Waals surface area contributed by atoms with Gasteiger partial charge in [0.25, 0.3) is 0 Å². The number of sulfone groups is 1. The maximum absolute atomic E-state index is 11.9. The van der Waals surface area contributed by atoms with Crippen LogP contribution in [0.2, 0.25) is 0 Å². The smallest absolute Gasteiger partial charge is 0.321 e. The number of aliphatic carboxylic acids is 1. The Morgan fingerprint density at radius 2 is 2.10 bits per heavy atom. The Kier molecular flexibility index (Phi) is 5.02. The number of nitrogens with two attached hydrogens (primary N) is 1. The first-order valence-electron chi connectivity index (χ1n) is 5.57. The molecule has 0 fully saturated rings. The van der Waals surface area contributed by atoms with E-state index < -0.39 is 32.6 Å². The van der Waals surface area contributed by atoms with E-state index in [1.165, 1.54) is 0 Å². The molecule has 1 rings (SSSR count). The molecule has 0 unspecified atom stereocenters. The maximum atomic E-state index is 11.9. The Morgan fingerprint density at radius 1 is 1.45 bits per heavy atom. The summed E-state index contributed by atoms with van der Waals surface area (Å²) in [7, 11) is -4.07. The summed E-state index contributed by atoms with van der Waals surface area (Å²) in [5, 5.41) is 14.8. The zero-order valence-electron chi connectivity index (χ0n) is 10.6. The number of anilines is 1. The fourth-order valence-electron chi connectivity index (χ4n) is 1.32. The summed E-state index contributed by atoms with van der Waals surface area (Å²) in [5.74, 6) is -3.22. The highest BCUT2D eigenvalue weighted by Crippen LogP contribution is 2.16. The number of carbonyl (C=O) groups excluding carboxylic acids is 1. The number of carboxylic acids is 1. The summed E-state index contributed by atoms with van der Waals surface area (Å²) in [5.41, 5.74) is 5.54. The van der Waals surface area contributed by atoms with E-state index in [0.717, 1.165) is 4.68 Å². The summed E-state index contributed by atoms with van der Waals surface area (Å²) in [4.78, 5) is 21.6. The number of aromatic nitrogens is 3. The van der Waals surface area contributed by atoms with Crippen molar-refractivity contribution >= 4 is 27.6 Å². The zero-order chi connectivity index (χ0) is 15.3. The molecule has 0 saturated heterocycles. The van der Waals surface area contributed by atoms with Gasteiger partial charge >= 0.3 is 11.9 Å². The molecule has 11 heteroatoms. The Bertz CT molecular complexity index is 608. The van der Waals surface area contributed by atoms with E-state index in [1.54, 1.807) is 6.92 Å². The average Bonchev–Trinajstić information content (AvgIpc) is 2.68. The highest BCUT2D eigenvalue weighted by molar-refractivity contribution is 7.92. The molecule has 1 aromatic rings. The molecule has 0 aliphatic carbocycles. The lowest BCUT2D eigenvalue weighted by Gasteiger charge is -2.03. The summed E-state index contributed by atoms with van der Waals surface area (Å²) >= 11 is 0. The molecule has 0 amide bonds. The standard InChI is InChI=1S/C9H14N4O6S/c1-2-19-7(16)5-20(17,18)9-8(10)13(12-11-9)4-3-6(14)15/h2-5,10H2,1H3,(H,14,15). The molecule has 20 heavy (non-hydrogen) atoms. The molecule has 10 nitrogen and oxygen atoms in total. The highest BCUT2D eigenvalue weighted by Gasteiger charge is 2.27. The Labute approximate surface area is 114 Å². The predicted octanol–water partition coefficient (Wildman–Crippen LogP) is -1.33. The summed E-state index contributed by atoms with van der Waals surface area (Å²) in [6, 6.07) is 0. The van der Waals surface area contributed by atoms with Gasteiger partial charge in [-0.2, -0.15) is 0 Å². The number of ether oxygens (including phenoxy) is 1. The van der Waals surface area contributed by atoms with E-state index in [-0.39, 0.29) is 25.4 Å². The summed E-state index contributed by atoms with van der Waals surface area (Å²) < 4.78 is 29.2. The number of aryl methyl sites for hydroxylation is 1. The molecule has 0 aromatic carbocycles. The van der Waals surface area contributed by atoms with Gasteiger partial charge in [-0.25, -0.2) is 13.1 Å². The molecule has 0 atom stereocenters. The fraction of sp³-hybridized carbons (Fsp3) is 0.556. The van der Waals surface area contributed by atoms with Gasteiger partial charge in [0, 0.05) is 0 Å². The van der Waals surface area contributed by atoms with Crippen LogP contribution in [0.1, 0.15) is 13.3 Å². The van der Waals surface area contributed by atoms with Gasteiger partial charge < -0.3 is 15.6 Å². The largest absolute Gasteiger partial charge is 0.481 e. The van der Waals surface area contributed by atoms with Crippen molar-refractivity contribution in [1.29, 1.82) is 0 Å². The highest BCUT2D eigenvalue weighted by atomic mass is 32.2. The lowest BCUT2D eigenvalue weighted by Crippen LogP contribution is -2.20. The van der Waals surface area contributed by atoms with Crippen LogP contribution >= 0.6 is 0 Å². The van der Waals surface area contributed by atoms with Crippen molar-refractivity contribution in [3.63, 3.8) is 0 Å². The van der Waals surface area contributed by atoms with Crippen molar-refractivity contribution in [1.82, 2.24) is 15.0 Å². The SMILES string of the molecule is CCOC(=O)CS(=O)(=O)c1nnn(CCC(=O)O)c1N. The van der Waals surface area contributed by atoms with Crippen LogP contribution in [-0.2, 0) is 30.7 Å². The number of nitrogens with zero attached hydrogens (tertiary/aromatic N) is 3. The topological polar surface area (TPSA) is 154 Å². The maximum Gasteiger partial charge on any atom is 0.321 e. The monoisotopic (exact) mass is 306 g/mol. The third-order valence-electron chi connectivity index (χ3n) is 2.19. The fourth-order valence-corrected chi connectivity index (χ4v) is 2.43.